The van der Waals surface area contributed by atoms with Crippen molar-refractivity contribution in [2.45, 2.75) is 193 Å². The first-order valence-corrected chi connectivity index (χ1v) is 57.6. The monoisotopic (exact) mass is 2320 g/mol. The Labute approximate surface area is 873 Å². The van der Waals surface area contributed by atoms with E-state index in [0.29, 0.717) is 174 Å². The fraction of sp³-hybridized carbons (Fsp3) is 0.363. The van der Waals surface area contributed by atoms with Gasteiger partial charge < -0.3 is 28.4 Å². The molecule has 0 N–H and O–H groups in total. The van der Waals surface area contributed by atoms with Gasteiger partial charge in [0.05, 0.1) is 60.0 Å². The fourth-order valence-corrected chi connectivity index (χ4v) is 31.8. The Balaban J connectivity index is 0.000000129. The maximum atomic E-state index is 13.5. The summed E-state index contributed by atoms with van der Waals surface area (Å²) in [6.45, 7) is 16.3. The summed E-state index contributed by atoms with van der Waals surface area (Å²) in [4.78, 5) is 72.2. The van der Waals surface area contributed by atoms with E-state index in [1.807, 2.05) is 120 Å². The average molecular weight is 2330 g/mol. The minimum absolute atomic E-state index is 0.0791. The summed E-state index contributed by atoms with van der Waals surface area (Å²) in [6, 6.07) is 59.5. The number of benzene rings is 10. The highest BCUT2D eigenvalue weighted by Gasteiger charge is 2.46. The van der Waals surface area contributed by atoms with Crippen LogP contribution in [-0.2, 0) is 107 Å². The fourth-order valence-electron chi connectivity index (χ4n) is 20.0. The van der Waals surface area contributed by atoms with Gasteiger partial charge in [-0.25, -0.2) is 66.1 Å². The summed E-state index contributed by atoms with van der Waals surface area (Å²) in [5.74, 6) is 0.690. The molecule has 5 fully saturated rings. The maximum Gasteiger partial charge on any atom is 0.414 e. The van der Waals surface area contributed by atoms with Crippen LogP contribution in [0.15, 0.2) is 243 Å². The molecule has 20 rings (SSSR count). The molecule has 10 aromatic carbocycles. The number of aryl methyl sites for hydroxylation is 4. The number of nitrogens with zero attached hydrogens (tertiary/aromatic N) is 10. The van der Waals surface area contributed by atoms with Crippen molar-refractivity contribution in [2.24, 2.45) is 0 Å². The van der Waals surface area contributed by atoms with Crippen LogP contribution in [0.3, 0.4) is 0 Å². The Morgan fingerprint density at radius 2 is 0.573 bits per heavy atom. The second-order valence-corrected chi connectivity index (χ2v) is 49.6. The first-order valence-electron chi connectivity index (χ1n) is 46.9. The van der Waals surface area contributed by atoms with Crippen molar-refractivity contribution in [1.29, 1.82) is 0 Å². The number of anilines is 5. The van der Waals surface area contributed by atoms with Crippen LogP contribution in [-0.4, -0.2) is 197 Å². The molecule has 10 heterocycles. The lowest BCUT2D eigenvalue weighted by molar-refractivity contribution is 0.135. The smallest absolute Gasteiger partial charge is 0.414 e. The number of halogens is 5. The van der Waals surface area contributed by atoms with E-state index < -0.39 is 56.2 Å². The van der Waals surface area contributed by atoms with Crippen molar-refractivity contribution in [2.75, 3.05) is 97.1 Å². The van der Waals surface area contributed by atoms with Crippen molar-refractivity contribution >= 4 is 184 Å². The second kappa shape index (κ2) is 44.8. The molecule has 0 aromatic heterocycles. The van der Waals surface area contributed by atoms with Crippen LogP contribution in [0.25, 0.3) is 0 Å². The third-order valence-corrected chi connectivity index (χ3v) is 41.5. The number of hydrogen-bond donors (Lipinski definition) is 0. The summed E-state index contributed by atoms with van der Waals surface area (Å²) in [5.41, 5.74) is 14.6. The Hall–Kier alpha value is -9.89. The van der Waals surface area contributed by atoms with Gasteiger partial charge in [0, 0.05) is 146 Å². The number of fused-ring (bicyclic) bond motifs is 5. The van der Waals surface area contributed by atoms with Crippen LogP contribution in [0.1, 0.15) is 125 Å². The number of para-hydroxylation sites is 2. The molecule has 0 bridgehead atoms. The largest absolute Gasteiger partial charge is 0.496 e. The zero-order chi connectivity index (χ0) is 102. The van der Waals surface area contributed by atoms with Crippen molar-refractivity contribution in [1.82, 2.24) is 21.5 Å². The molecule has 5 amide bonds. The van der Waals surface area contributed by atoms with Gasteiger partial charge in [-0.3, -0.25) is 24.5 Å². The van der Waals surface area contributed by atoms with Gasteiger partial charge in [-0.1, -0.05) is 132 Å². The van der Waals surface area contributed by atoms with Crippen LogP contribution in [0.2, 0.25) is 5.02 Å². The topological polar surface area (TPSA) is 344 Å². The van der Waals surface area contributed by atoms with Crippen LogP contribution >= 0.6 is 75.3 Å². The second-order valence-electron chi connectivity index (χ2n) is 36.2. The van der Waals surface area contributed by atoms with Gasteiger partial charge in [-0.2, -0.15) is 21.5 Å². The molecule has 10 aliphatic rings. The van der Waals surface area contributed by atoms with Gasteiger partial charge in [0.15, 0.2) is 0 Å². The summed E-state index contributed by atoms with van der Waals surface area (Å²) in [7, 11) is -16.4. The first-order chi connectivity index (χ1) is 68.3. The van der Waals surface area contributed by atoms with Gasteiger partial charge >= 0.3 is 30.5 Å². The quantitative estimate of drug-likeness (QED) is 0.0811. The number of rotatable bonds is 16. The lowest BCUT2D eigenvalue weighted by Gasteiger charge is -2.40. The lowest BCUT2D eigenvalue weighted by Crippen LogP contribution is -2.50. The van der Waals surface area contributed by atoms with Gasteiger partial charge in [0.2, 0.25) is 50.1 Å². The van der Waals surface area contributed by atoms with E-state index in [1.54, 1.807) is 154 Å². The predicted octanol–water partition coefficient (Wildman–Crippen LogP) is 20.5. The van der Waals surface area contributed by atoms with E-state index >= 15 is 0 Å². The Kier molecular flexibility index (Phi) is 33.2. The number of carbonyl (C=O) groups is 5. The molecule has 5 saturated heterocycles. The molecule has 0 atom stereocenters. The SMILES string of the molecule is COc1cc(C)c(S(=O)(=O)N2CCC(N3C(=O)OCc4cc(C)ccc43)CC2)c(C)c1C.Cc1ccc2c(c1)COC(=O)N2C1CCN(S(=O)(=O)c2ccccc2Br)CC1.Cc1cccc2c1N(C1CCN(S(=O)(=O)c3ccccc3Br)CC1)C(=O)OC2.O=C1OCc2cc(Cl)ccc2N1C1CCN(S(=O)(=O)c2ccccc2Br)CC1.O=C1OCc2ccccc2N1C1CCN(S(=O)(=O)c2ccccc2Br)CC1. The molecule has 0 unspecified atom stereocenters. The molecule has 10 aromatic rings. The zero-order valence-electron chi connectivity index (χ0n) is 79.6. The average Bonchev–Trinajstić information content (AvgIpc) is 0.726. The minimum Gasteiger partial charge on any atom is -0.496 e. The molecular weight excluding hydrogens is 2220 g/mol. The summed E-state index contributed by atoms with van der Waals surface area (Å²) >= 11 is 19.4. The standard InChI is InChI=1S/C24H30N2O5S.2C20H21BrN2O4S.C19H18BrClN2O4S.C19H19BrN2O4S/c1-15-6-7-21-19(12-15)14-31-24(27)26(21)20-8-10-25(11-9-20)32(28,29)23-16(2)13-22(30-5)17(3)18(23)4;1-14-5-4-6-15-13-27-20(24)23(19(14)15)16-9-11-22(12-10-16)28(25,26)18-8-3-2-7-17(18)21;1-14-6-7-18-15(12-14)13-27-20(24)23(18)16-8-10-22(11-9-16)28(25,26)19-5-3-2-4-17(19)21;20-16-3-1-2-4-18(16)28(25,26)22-9-7-15(8-10-22)23-17-6-5-14(21)11-13(17)12-27-19(23)24;20-16-6-2-4-8-18(16)27(24,25)21-11-9-15(10-12-21)22-17-7-3-1-5-14(17)13-26-19(22)23/h6-7,12-13,20H,8-11,14H2,1-5H3;2-8,16H,9-13H2,1H3;2-7,12,16H,8-11,13H2,1H3;1-6,11,15H,7-10,12H2;1-8,15H,9-13H2. The zero-order valence-corrected chi connectivity index (χ0v) is 90.8. The van der Waals surface area contributed by atoms with Crippen molar-refractivity contribution in [3.05, 3.63) is 284 Å². The normalized spacial score (nSPS) is 18.5. The number of amides is 5. The molecule has 143 heavy (non-hydrogen) atoms. The van der Waals surface area contributed by atoms with Gasteiger partial charge in [-0.15, -0.1) is 0 Å². The van der Waals surface area contributed by atoms with Crippen molar-refractivity contribution in [3.63, 3.8) is 0 Å². The van der Waals surface area contributed by atoms with Gasteiger partial charge in [-0.05, 0) is 283 Å². The number of hydrogen-bond acceptors (Lipinski definition) is 21. The summed E-state index contributed by atoms with van der Waals surface area (Å²) < 4.78 is 173. The third kappa shape index (κ3) is 22.5. The minimum atomic E-state index is -3.66. The molecule has 0 spiro atoms. The Morgan fingerprint density at radius 3 is 0.923 bits per heavy atom. The van der Waals surface area contributed by atoms with E-state index in [0.717, 1.165) is 78.5 Å². The highest BCUT2D eigenvalue weighted by molar-refractivity contribution is 9.11. The molecule has 0 radical (unpaired) electrons. The summed E-state index contributed by atoms with van der Waals surface area (Å²) in [5, 5.41) is 0.589. The van der Waals surface area contributed by atoms with E-state index in [1.165, 1.54) is 21.5 Å². The number of carbonyl (C=O) groups excluding carboxylic acids is 5. The van der Waals surface area contributed by atoms with Crippen LogP contribution in [0, 0.1) is 41.5 Å². The number of ether oxygens (including phenoxy) is 6. The predicted molar refractivity (Wildman–Crippen MR) is 557 cm³/mol. The van der Waals surface area contributed by atoms with E-state index in [4.69, 9.17) is 40.0 Å². The van der Waals surface area contributed by atoms with Gasteiger partial charge in [0.1, 0.15) is 38.8 Å². The van der Waals surface area contributed by atoms with Crippen LogP contribution in [0.5, 0.6) is 5.75 Å². The molecular formula is C102H109Br4ClN10O21S5. The number of cyclic esters (lactones) is 5. The number of piperidine rings is 5. The maximum absolute atomic E-state index is 13.5. The van der Waals surface area contributed by atoms with E-state index in [-0.39, 0.29) is 107 Å². The third-order valence-electron chi connectivity index (χ3n) is 27.4. The lowest BCUT2D eigenvalue weighted by atomic mass is 10.00. The van der Waals surface area contributed by atoms with Crippen molar-refractivity contribution < 1.29 is 94.5 Å². The highest BCUT2D eigenvalue weighted by atomic mass is 79.9. The van der Waals surface area contributed by atoms with Crippen molar-refractivity contribution in [3.8, 4) is 5.75 Å². The molecule has 41 heteroatoms. The Morgan fingerprint density at radius 1 is 0.294 bits per heavy atom. The molecule has 0 saturated carbocycles. The Bertz CT molecular complexity index is 6980. The van der Waals surface area contributed by atoms with E-state index in [2.05, 4.69) is 63.7 Å². The highest BCUT2D eigenvalue weighted by Crippen LogP contribution is 2.44. The number of methoxy groups -OCH3 is 1. The van der Waals surface area contributed by atoms with Gasteiger partial charge in [0.25, 0.3) is 0 Å². The van der Waals surface area contributed by atoms with E-state index in [9.17, 15) is 66.1 Å². The molecule has 31 nitrogen and oxygen atoms in total. The summed E-state index contributed by atoms with van der Waals surface area (Å²) in [6.07, 6.45) is 3.70. The van der Waals surface area contributed by atoms with Crippen LogP contribution < -0.4 is 29.2 Å². The number of sulfonamides is 5. The molecule has 0 aliphatic carbocycles. The van der Waals surface area contributed by atoms with Crippen LogP contribution in [0.4, 0.5) is 52.4 Å². The molecule has 758 valence electrons. The molecule has 10 aliphatic heterocycles. The first kappa shape index (κ1) is 106.